The highest BCUT2D eigenvalue weighted by atomic mass is 28.3. The van der Waals surface area contributed by atoms with Crippen LogP contribution in [0.15, 0.2) is 66.7 Å². The number of ether oxygens (including phenoxy) is 1. The number of rotatable bonds is 3. The number of carbonyl (C=O) groups excluding carboxylic acids is 1. The van der Waals surface area contributed by atoms with Gasteiger partial charge in [0.05, 0.1) is 12.7 Å². The summed E-state index contributed by atoms with van der Waals surface area (Å²) in [7, 11) is -0.178. The monoisotopic (exact) mass is 359 g/mol. The van der Waals surface area contributed by atoms with Gasteiger partial charge in [-0.2, -0.15) is 0 Å². The molecule has 0 radical (unpaired) electrons. The van der Waals surface area contributed by atoms with E-state index >= 15 is 0 Å². The number of hydrogen-bond donors (Lipinski definition) is 0. The van der Waals surface area contributed by atoms with Crippen LogP contribution in [-0.4, -0.2) is 21.5 Å². The van der Waals surface area contributed by atoms with E-state index in [1.807, 2.05) is 18.2 Å². The van der Waals surface area contributed by atoms with Crippen LogP contribution >= 0.6 is 0 Å². The number of methoxy groups -OCH3 is 1. The summed E-state index contributed by atoms with van der Waals surface area (Å²) in [5, 5.41) is 2.83. The van der Waals surface area contributed by atoms with Gasteiger partial charge < -0.3 is 9.64 Å². The Morgan fingerprint density at radius 1 is 0.885 bits per heavy atom. The van der Waals surface area contributed by atoms with Crippen molar-refractivity contribution in [2.75, 3.05) is 12.0 Å². The maximum Gasteiger partial charge on any atom is 0.153 e. The van der Waals surface area contributed by atoms with Gasteiger partial charge in [0.15, 0.2) is 6.29 Å². The molecule has 0 bridgehead atoms. The number of hydrogen-bond acceptors (Lipinski definition) is 3. The van der Waals surface area contributed by atoms with Crippen molar-refractivity contribution in [3.05, 3.63) is 72.3 Å². The maximum atomic E-state index is 11.3. The first-order valence-corrected chi connectivity index (χ1v) is 11.7. The second-order valence-electron chi connectivity index (χ2n) is 7.04. The Bertz CT molecular complexity index is 947. The molecule has 0 N–H and O–H groups in total. The summed E-state index contributed by atoms with van der Waals surface area (Å²) in [5.41, 5.74) is 3.98. The first-order chi connectivity index (χ1) is 12.6. The SMILES string of the molecule is COc1cc(N2c3ccccc3[Si](C)(C)c3ccccc32)ccc1C=O. The molecule has 3 aromatic rings. The fourth-order valence-corrected chi connectivity index (χ4v) is 6.87. The molecule has 4 heteroatoms. The van der Waals surface area contributed by atoms with Gasteiger partial charge in [-0.05, 0) is 34.6 Å². The smallest absolute Gasteiger partial charge is 0.153 e. The second-order valence-corrected chi connectivity index (χ2v) is 11.4. The molecule has 0 saturated heterocycles. The molecule has 130 valence electrons. The molecule has 1 aliphatic rings. The summed E-state index contributed by atoms with van der Waals surface area (Å²) < 4.78 is 5.44. The van der Waals surface area contributed by atoms with Crippen molar-refractivity contribution < 1.29 is 9.53 Å². The van der Waals surface area contributed by atoms with E-state index in [1.165, 1.54) is 21.7 Å². The number of anilines is 3. The summed E-state index contributed by atoms with van der Waals surface area (Å²) in [6.45, 7) is 4.80. The Hall–Kier alpha value is -2.85. The molecule has 3 nitrogen and oxygen atoms in total. The zero-order chi connectivity index (χ0) is 18.3. The largest absolute Gasteiger partial charge is 0.496 e. The minimum atomic E-state index is -1.78. The molecule has 3 aromatic carbocycles. The molecule has 1 aliphatic heterocycles. The Balaban J connectivity index is 2.00. The molecule has 0 saturated carbocycles. The van der Waals surface area contributed by atoms with Crippen LogP contribution in [0.3, 0.4) is 0 Å². The molecule has 0 fully saturated rings. The molecule has 0 amide bonds. The third-order valence-corrected chi connectivity index (χ3v) is 8.78. The molecular formula is C22H21NO2Si. The highest BCUT2D eigenvalue weighted by Gasteiger charge is 2.38. The van der Waals surface area contributed by atoms with E-state index < -0.39 is 8.07 Å². The fraction of sp³-hybridized carbons (Fsp3) is 0.136. The predicted molar refractivity (Wildman–Crippen MR) is 110 cm³/mol. The first kappa shape index (κ1) is 16.6. The average molecular weight is 360 g/mol. The second kappa shape index (κ2) is 6.14. The summed E-state index contributed by atoms with van der Waals surface area (Å²) in [4.78, 5) is 13.5. The lowest BCUT2D eigenvalue weighted by Crippen LogP contribution is -2.58. The van der Waals surface area contributed by atoms with Gasteiger partial charge in [0.25, 0.3) is 0 Å². The summed E-state index contributed by atoms with van der Waals surface area (Å²) >= 11 is 0. The molecular weight excluding hydrogens is 338 g/mol. The fourth-order valence-electron chi connectivity index (χ4n) is 3.88. The number of nitrogens with zero attached hydrogens (tertiary/aromatic N) is 1. The Kier molecular flexibility index (Phi) is 3.92. The Morgan fingerprint density at radius 3 is 2.00 bits per heavy atom. The van der Waals surface area contributed by atoms with Gasteiger partial charge in [0.2, 0.25) is 0 Å². The zero-order valence-electron chi connectivity index (χ0n) is 15.2. The van der Waals surface area contributed by atoms with Crippen LogP contribution < -0.4 is 20.0 Å². The van der Waals surface area contributed by atoms with E-state index in [2.05, 4.69) is 66.5 Å². The van der Waals surface area contributed by atoms with E-state index in [9.17, 15) is 4.79 Å². The number of carbonyl (C=O) groups is 1. The summed E-state index contributed by atoms with van der Waals surface area (Å²) in [5.74, 6) is 0.592. The van der Waals surface area contributed by atoms with Gasteiger partial charge in [0.1, 0.15) is 13.8 Å². The number of aldehydes is 1. The third kappa shape index (κ3) is 2.37. The standard InChI is InChI=1S/C22H21NO2Si/c1-25-20-14-17(13-12-16(20)15-24)23-18-8-4-6-10-21(18)26(2,3)22-11-7-5-9-19(22)23/h4-15H,1-3H3. The van der Waals surface area contributed by atoms with Crippen LogP contribution in [0.1, 0.15) is 10.4 Å². The van der Waals surface area contributed by atoms with E-state index in [0.29, 0.717) is 11.3 Å². The average Bonchev–Trinajstić information content (AvgIpc) is 2.68. The summed E-state index contributed by atoms with van der Waals surface area (Å²) in [6.07, 6.45) is 0.830. The normalized spacial score (nSPS) is 14.3. The van der Waals surface area contributed by atoms with E-state index in [1.54, 1.807) is 7.11 Å². The molecule has 0 aromatic heterocycles. The van der Waals surface area contributed by atoms with Gasteiger partial charge in [-0.25, -0.2) is 0 Å². The first-order valence-electron chi connectivity index (χ1n) is 8.70. The highest BCUT2D eigenvalue weighted by molar-refractivity contribution is 7.02. The van der Waals surface area contributed by atoms with E-state index in [0.717, 1.165) is 12.0 Å². The maximum absolute atomic E-state index is 11.3. The molecule has 0 aliphatic carbocycles. The Morgan fingerprint density at radius 2 is 1.46 bits per heavy atom. The van der Waals surface area contributed by atoms with Crippen molar-refractivity contribution in [1.82, 2.24) is 0 Å². The molecule has 0 spiro atoms. The van der Waals surface area contributed by atoms with Gasteiger partial charge in [-0.15, -0.1) is 0 Å². The quantitative estimate of drug-likeness (QED) is 0.520. The van der Waals surface area contributed by atoms with Crippen molar-refractivity contribution in [1.29, 1.82) is 0 Å². The van der Waals surface area contributed by atoms with Crippen molar-refractivity contribution >= 4 is 41.8 Å². The van der Waals surface area contributed by atoms with E-state index in [4.69, 9.17) is 4.74 Å². The van der Waals surface area contributed by atoms with Gasteiger partial charge in [-0.3, -0.25) is 4.79 Å². The van der Waals surface area contributed by atoms with Crippen LogP contribution in [-0.2, 0) is 0 Å². The van der Waals surface area contributed by atoms with Crippen molar-refractivity contribution in [3.63, 3.8) is 0 Å². The van der Waals surface area contributed by atoms with Crippen molar-refractivity contribution in [2.24, 2.45) is 0 Å². The van der Waals surface area contributed by atoms with Crippen molar-refractivity contribution in [3.8, 4) is 5.75 Å². The van der Waals surface area contributed by atoms with Gasteiger partial charge >= 0.3 is 0 Å². The lowest BCUT2D eigenvalue weighted by molar-refractivity contribution is 0.112. The van der Waals surface area contributed by atoms with E-state index in [-0.39, 0.29) is 0 Å². The molecule has 0 unspecified atom stereocenters. The minimum Gasteiger partial charge on any atom is -0.496 e. The molecule has 0 atom stereocenters. The van der Waals surface area contributed by atoms with Crippen LogP contribution in [0.4, 0.5) is 17.1 Å². The van der Waals surface area contributed by atoms with Crippen molar-refractivity contribution in [2.45, 2.75) is 13.1 Å². The minimum absolute atomic E-state index is 0.560. The predicted octanol–water partition coefficient (Wildman–Crippen LogP) is 4.11. The Labute approximate surface area is 154 Å². The lowest BCUT2D eigenvalue weighted by atomic mass is 10.1. The van der Waals surface area contributed by atoms with Crippen LogP contribution in [0.5, 0.6) is 5.75 Å². The topological polar surface area (TPSA) is 29.5 Å². The number of para-hydroxylation sites is 2. The molecule has 26 heavy (non-hydrogen) atoms. The highest BCUT2D eigenvalue weighted by Crippen LogP contribution is 2.39. The van der Waals surface area contributed by atoms with Crippen LogP contribution in [0.2, 0.25) is 13.1 Å². The van der Waals surface area contributed by atoms with Gasteiger partial charge in [-0.1, -0.05) is 49.5 Å². The van der Waals surface area contributed by atoms with Gasteiger partial charge in [0, 0.05) is 23.1 Å². The number of benzene rings is 3. The third-order valence-electron chi connectivity index (χ3n) is 5.24. The van der Waals surface area contributed by atoms with Crippen LogP contribution in [0.25, 0.3) is 0 Å². The number of fused-ring (bicyclic) bond motifs is 2. The zero-order valence-corrected chi connectivity index (χ0v) is 16.2. The van der Waals surface area contributed by atoms with Crippen LogP contribution in [0, 0.1) is 0 Å². The molecule has 4 rings (SSSR count). The summed E-state index contributed by atoms with van der Waals surface area (Å²) in [6, 6.07) is 23.0. The lowest BCUT2D eigenvalue weighted by Gasteiger charge is -2.41. The molecule has 1 heterocycles.